The number of carbonyl (C=O) groups is 1. The number of nitrogens with zero attached hydrogens (tertiary/aromatic N) is 1. The van der Waals surface area contributed by atoms with Crippen LogP contribution in [-0.2, 0) is 0 Å². The Morgan fingerprint density at radius 1 is 1.32 bits per heavy atom. The van der Waals surface area contributed by atoms with Crippen molar-refractivity contribution < 1.29 is 9.53 Å². The van der Waals surface area contributed by atoms with E-state index >= 15 is 0 Å². The number of methoxy groups -OCH3 is 1. The summed E-state index contributed by atoms with van der Waals surface area (Å²) in [6.07, 6.45) is 0. The maximum atomic E-state index is 11.9. The average Bonchev–Trinajstić information content (AvgIpc) is 2.71. The Hall–Kier alpha value is -1.71. The fourth-order valence-electron chi connectivity index (χ4n) is 2.70. The van der Waals surface area contributed by atoms with Crippen LogP contribution in [0.25, 0.3) is 0 Å². The SMILES string of the molecule is COc1c(C)cc(C2CN(C(C)C)C(=O)N2)cc1C. The molecular formula is C15H22N2O2. The maximum Gasteiger partial charge on any atom is 0.318 e. The second-order valence-corrected chi connectivity index (χ2v) is 5.44. The molecule has 1 aromatic rings. The van der Waals surface area contributed by atoms with E-state index in [1.165, 1.54) is 0 Å². The third kappa shape index (κ3) is 2.53. The lowest BCUT2D eigenvalue weighted by atomic mass is 10.0. The third-order valence-electron chi connectivity index (χ3n) is 3.65. The molecular weight excluding hydrogens is 240 g/mol. The number of benzene rings is 1. The Labute approximate surface area is 114 Å². The van der Waals surface area contributed by atoms with Gasteiger partial charge in [-0.05, 0) is 44.4 Å². The molecule has 1 N–H and O–H groups in total. The second-order valence-electron chi connectivity index (χ2n) is 5.44. The van der Waals surface area contributed by atoms with Crippen LogP contribution in [0.3, 0.4) is 0 Å². The van der Waals surface area contributed by atoms with Gasteiger partial charge in [0.1, 0.15) is 5.75 Å². The fourth-order valence-corrected chi connectivity index (χ4v) is 2.70. The van der Waals surface area contributed by atoms with Gasteiger partial charge in [0.25, 0.3) is 0 Å². The summed E-state index contributed by atoms with van der Waals surface area (Å²) in [6.45, 7) is 8.86. The molecule has 4 nitrogen and oxygen atoms in total. The molecule has 1 saturated heterocycles. The molecule has 0 aromatic heterocycles. The lowest BCUT2D eigenvalue weighted by Crippen LogP contribution is -2.33. The van der Waals surface area contributed by atoms with E-state index < -0.39 is 0 Å². The number of urea groups is 1. The quantitative estimate of drug-likeness (QED) is 0.910. The highest BCUT2D eigenvalue weighted by atomic mass is 16.5. The van der Waals surface area contributed by atoms with Crippen molar-refractivity contribution in [2.24, 2.45) is 0 Å². The minimum absolute atomic E-state index is 0.0196. The Balaban J connectivity index is 2.27. The van der Waals surface area contributed by atoms with Gasteiger partial charge in [0, 0.05) is 12.6 Å². The van der Waals surface area contributed by atoms with E-state index in [1.807, 2.05) is 32.6 Å². The molecule has 1 aromatic carbocycles. The smallest absolute Gasteiger partial charge is 0.318 e. The van der Waals surface area contributed by atoms with Crippen molar-refractivity contribution in [3.05, 3.63) is 28.8 Å². The third-order valence-corrected chi connectivity index (χ3v) is 3.65. The van der Waals surface area contributed by atoms with Gasteiger partial charge >= 0.3 is 6.03 Å². The minimum Gasteiger partial charge on any atom is -0.496 e. The molecule has 2 rings (SSSR count). The molecule has 1 atom stereocenters. The standard InChI is InChI=1S/C15H22N2O2/c1-9(2)17-8-13(16-15(17)18)12-6-10(3)14(19-5)11(4)7-12/h6-7,9,13H,8H2,1-5H3,(H,16,18). The number of carbonyl (C=O) groups excluding carboxylic acids is 1. The second kappa shape index (κ2) is 5.11. The van der Waals surface area contributed by atoms with Crippen LogP contribution < -0.4 is 10.1 Å². The van der Waals surface area contributed by atoms with Crippen LogP contribution >= 0.6 is 0 Å². The van der Waals surface area contributed by atoms with E-state index in [-0.39, 0.29) is 18.1 Å². The Morgan fingerprint density at radius 3 is 2.32 bits per heavy atom. The van der Waals surface area contributed by atoms with Crippen molar-refractivity contribution in [2.75, 3.05) is 13.7 Å². The maximum absolute atomic E-state index is 11.9. The molecule has 1 heterocycles. The molecule has 0 bridgehead atoms. The van der Waals surface area contributed by atoms with Gasteiger partial charge in [-0.2, -0.15) is 0 Å². The number of rotatable bonds is 3. The fraction of sp³-hybridized carbons (Fsp3) is 0.533. The van der Waals surface area contributed by atoms with Gasteiger partial charge in [-0.3, -0.25) is 0 Å². The van der Waals surface area contributed by atoms with Crippen molar-refractivity contribution in [3.63, 3.8) is 0 Å². The number of aryl methyl sites for hydroxylation is 2. The topological polar surface area (TPSA) is 41.6 Å². The lowest BCUT2D eigenvalue weighted by Gasteiger charge is -2.19. The van der Waals surface area contributed by atoms with Crippen molar-refractivity contribution in [2.45, 2.75) is 39.8 Å². The first-order valence-corrected chi connectivity index (χ1v) is 6.66. The van der Waals surface area contributed by atoms with Crippen LogP contribution in [0.4, 0.5) is 4.79 Å². The zero-order valence-electron chi connectivity index (χ0n) is 12.3. The van der Waals surface area contributed by atoms with Gasteiger partial charge in [-0.15, -0.1) is 0 Å². The first-order chi connectivity index (χ1) is 8.93. The molecule has 19 heavy (non-hydrogen) atoms. The highest BCUT2D eigenvalue weighted by Crippen LogP contribution is 2.29. The summed E-state index contributed by atoms with van der Waals surface area (Å²) in [5.74, 6) is 0.925. The van der Waals surface area contributed by atoms with E-state index in [1.54, 1.807) is 7.11 Å². The van der Waals surface area contributed by atoms with Crippen LogP contribution in [0.5, 0.6) is 5.75 Å². The van der Waals surface area contributed by atoms with Gasteiger partial charge < -0.3 is 15.0 Å². The zero-order chi connectivity index (χ0) is 14.2. The number of hydrogen-bond acceptors (Lipinski definition) is 2. The Kier molecular flexibility index (Phi) is 3.69. The van der Waals surface area contributed by atoms with Crippen molar-refractivity contribution in [1.82, 2.24) is 10.2 Å². The Bertz CT molecular complexity index is 474. The van der Waals surface area contributed by atoms with E-state index in [0.29, 0.717) is 0 Å². The van der Waals surface area contributed by atoms with E-state index in [9.17, 15) is 4.79 Å². The molecule has 0 aliphatic carbocycles. The molecule has 0 saturated carbocycles. The van der Waals surface area contributed by atoms with Crippen LogP contribution in [0, 0.1) is 13.8 Å². The molecule has 1 aliphatic heterocycles. The number of hydrogen-bond donors (Lipinski definition) is 1. The highest BCUT2D eigenvalue weighted by molar-refractivity contribution is 5.77. The van der Waals surface area contributed by atoms with E-state index in [2.05, 4.69) is 17.4 Å². The molecule has 0 radical (unpaired) electrons. The summed E-state index contributed by atoms with van der Waals surface area (Å²) < 4.78 is 5.38. The molecule has 104 valence electrons. The molecule has 4 heteroatoms. The van der Waals surface area contributed by atoms with Gasteiger partial charge in [0.15, 0.2) is 0 Å². The average molecular weight is 262 g/mol. The summed E-state index contributed by atoms with van der Waals surface area (Å²) in [5, 5.41) is 3.04. The molecule has 2 amide bonds. The highest BCUT2D eigenvalue weighted by Gasteiger charge is 2.31. The van der Waals surface area contributed by atoms with Gasteiger partial charge in [0.2, 0.25) is 0 Å². The zero-order valence-corrected chi connectivity index (χ0v) is 12.3. The molecule has 0 spiro atoms. The number of nitrogens with one attached hydrogen (secondary N) is 1. The predicted molar refractivity (Wildman–Crippen MR) is 75.6 cm³/mol. The van der Waals surface area contributed by atoms with Gasteiger partial charge in [0.05, 0.1) is 13.2 Å². The predicted octanol–water partition coefficient (Wildman–Crippen LogP) is 2.79. The molecule has 1 aliphatic rings. The first kappa shape index (κ1) is 13.7. The van der Waals surface area contributed by atoms with Gasteiger partial charge in [-0.25, -0.2) is 4.79 Å². The summed E-state index contributed by atoms with van der Waals surface area (Å²) in [7, 11) is 1.69. The Morgan fingerprint density at radius 2 is 1.89 bits per heavy atom. The summed E-state index contributed by atoms with van der Waals surface area (Å²) >= 11 is 0. The summed E-state index contributed by atoms with van der Waals surface area (Å²) in [5.41, 5.74) is 3.36. The van der Waals surface area contributed by atoms with Crippen LogP contribution in [0.2, 0.25) is 0 Å². The van der Waals surface area contributed by atoms with Crippen molar-refractivity contribution >= 4 is 6.03 Å². The summed E-state index contributed by atoms with van der Waals surface area (Å²) in [6, 6.07) is 4.51. The first-order valence-electron chi connectivity index (χ1n) is 6.66. The van der Waals surface area contributed by atoms with Crippen molar-refractivity contribution in [3.8, 4) is 5.75 Å². The minimum atomic E-state index is 0.0196. The van der Waals surface area contributed by atoms with Crippen molar-refractivity contribution in [1.29, 1.82) is 0 Å². The number of amides is 2. The number of ether oxygens (including phenoxy) is 1. The lowest BCUT2D eigenvalue weighted by molar-refractivity contribution is 0.206. The van der Waals surface area contributed by atoms with Crippen LogP contribution in [0.1, 0.15) is 36.6 Å². The monoisotopic (exact) mass is 262 g/mol. The molecule has 1 fully saturated rings. The largest absolute Gasteiger partial charge is 0.496 e. The normalized spacial score (nSPS) is 18.9. The summed E-state index contributed by atoms with van der Waals surface area (Å²) in [4.78, 5) is 13.7. The van der Waals surface area contributed by atoms with E-state index in [4.69, 9.17) is 4.74 Å². The molecule has 1 unspecified atom stereocenters. The van der Waals surface area contributed by atoms with Gasteiger partial charge in [-0.1, -0.05) is 12.1 Å². The van der Waals surface area contributed by atoms with Crippen LogP contribution in [0.15, 0.2) is 12.1 Å². The van der Waals surface area contributed by atoms with Crippen LogP contribution in [-0.4, -0.2) is 30.6 Å². The van der Waals surface area contributed by atoms with E-state index in [0.717, 1.165) is 29.0 Å².